The lowest BCUT2D eigenvalue weighted by Gasteiger charge is -2.64. The number of carbonyl (C=O) groups is 1. The standard InChI is InChI=1S/C43H74N4O7/c1-10-51-36(38(5,6)50)27-23-26(2)33-34(53-27)35(49)41(9)29-12-11-28-37(3,4)30(13-16-42(28)25-43(29,42)18-17-39(33,41)7)54-32-24-47(21-22-52-32)20-19-44-31(48)14-15-40(8)45-46-40/h26-30,32-36,45-46,49-50H,10-25H2,1-9H3,(H,44,48)/t26-,27+,28+,29?,30?,32+,33+,34?,35+,36?,39?,41-,42?,43?/m1/s1. The van der Waals surface area contributed by atoms with E-state index in [1.165, 1.54) is 25.7 Å². The maximum absolute atomic E-state index is 12.7. The molecular weight excluding hydrogens is 684 g/mol. The number of nitrogens with zero attached hydrogens (tertiary/aromatic N) is 1. The monoisotopic (exact) mass is 759 g/mol. The Hall–Kier alpha value is -0.890. The minimum absolute atomic E-state index is 0.00339. The van der Waals surface area contributed by atoms with Crippen LogP contribution in [0.25, 0.3) is 0 Å². The highest BCUT2D eigenvalue weighted by Gasteiger charge is 2.84. The van der Waals surface area contributed by atoms with Gasteiger partial charge in [-0.3, -0.25) is 9.69 Å². The average molecular weight is 759 g/mol. The third-order valence-corrected chi connectivity index (χ3v) is 17.7. The number of hydrogen-bond donors (Lipinski definition) is 5. The van der Waals surface area contributed by atoms with Crippen LogP contribution >= 0.6 is 0 Å². The molecule has 308 valence electrons. The second-order valence-electron chi connectivity index (χ2n) is 21.2. The summed E-state index contributed by atoms with van der Waals surface area (Å²) in [4.78, 5) is 14.8. The lowest BCUT2D eigenvalue weighted by Crippen LogP contribution is -2.60. The molecule has 5 aliphatic carbocycles. The molecule has 1 amide bonds. The molecular formula is C43H74N4O7. The van der Waals surface area contributed by atoms with Crippen LogP contribution in [-0.4, -0.2) is 108 Å². The molecule has 11 nitrogen and oxygen atoms in total. The van der Waals surface area contributed by atoms with Gasteiger partial charge in [0.05, 0.1) is 42.3 Å². The van der Waals surface area contributed by atoms with Gasteiger partial charge in [-0.15, -0.1) is 0 Å². The average Bonchev–Trinajstić information content (AvgIpc) is 4.00. The minimum atomic E-state index is -1.03. The predicted molar refractivity (Wildman–Crippen MR) is 206 cm³/mol. The Morgan fingerprint density at radius 1 is 1.06 bits per heavy atom. The molecule has 0 bridgehead atoms. The van der Waals surface area contributed by atoms with Crippen LogP contribution in [0.1, 0.15) is 127 Å². The SMILES string of the molecule is CCOC([C@@H]1C[C@@H](C)[C@H]2C(O1)[C@H](O)[C@@]1(C)C3CC[C@H]4C(C)(C)C(O[C@H]5CN(CCNC(=O)CCC6(C)NN6)CCO5)CCC45CC35CCC21C)C(C)(C)O. The number of aliphatic hydroxyl groups excluding tert-OH is 1. The molecule has 2 spiro atoms. The van der Waals surface area contributed by atoms with E-state index in [0.717, 1.165) is 51.7 Å². The molecule has 0 aromatic rings. The van der Waals surface area contributed by atoms with Crippen LogP contribution in [-0.2, 0) is 23.7 Å². The van der Waals surface area contributed by atoms with Crippen molar-refractivity contribution < 1.29 is 34.0 Å². The van der Waals surface area contributed by atoms with Gasteiger partial charge in [0.2, 0.25) is 5.91 Å². The van der Waals surface area contributed by atoms with Gasteiger partial charge in [0.15, 0.2) is 6.29 Å². The summed E-state index contributed by atoms with van der Waals surface area (Å²) in [5.41, 5.74) is 5.45. The van der Waals surface area contributed by atoms with Crippen LogP contribution < -0.4 is 16.2 Å². The third-order valence-electron chi connectivity index (χ3n) is 17.7. The first kappa shape index (κ1) is 39.9. The van der Waals surface area contributed by atoms with E-state index in [1.54, 1.807) is 0 Å². The minimum Gasteiger partial charge on any atom is -0.390 e. The fourth-order valence-electron chi connectivity index (χ4n) is 14.9. The quantitative estimate of drug-likeness (QED) is 0.177. The van der Waals surface area contributed by atoms with Gasteiger partial charge in [-0.1, -0.05) is 34.6 Å². The molecule has 3 heterocycles. The molecule has 0 aromatic heterocycles. The molecule has 3 saturated heterocycles. The number of ether oxygens (including phenoxy) is 4. The van der Waals surface area contributed by atoms with Gasteiger partial charge in [-0.05, 0) is 131 Å². The number of morpholine rings is 1. The highest BCUT2D eigenvalue weighted by Crippen LogP contribution is 2.89. The summed E-state index contributed by atoms with van der Waals surface area (Å²) >= 11 is 0. The molecule has 0 aromatic carbocycles. The summed E-state index contributed by atoms with van der Waals surface area (Å²) in [6.45, 7) is 24.2. The molecule has 8 fully saturated rings. The van der Waals surface area contributed by atoms with Gasteiger partial charge in [0.1, 0.15) is 6.10 Å². The normalized spacial score (nSPS) is 48.0. The number of aliphatic hydroxyl groups is 2. The summed E-state index contributed by atoms with van der Waals surface area (Å²) in [5.74, 6) is 1.83. The summed E-state index contributed by atoms with van der Waals surface area (Å²) in [7, 11) is 0. The smallest absolute Gasteiger partial charge is 0.220 e. The highest BCUT2D eigenvalue weighted by molar-refractivity contribution is 5.75. The third kappa shape index (κ3) is 6.09. The fourth-order valence-corrected chi connectivity index (χ4v) is 14.9. The van der Waals surface area contributed by atoms with Gasteiger partial charge < -0.3 is 34.5 Å². The Morgan fingerprint density at radius 3 is 2.48 bits per heavy atom. The van der Waals surface area contributed by atoms with E-state index in [4.69, 9.17) is 18.9 Å². The van der Waals surface area contributed by atoms with E-state index < -0.39 is 17.8 Å². The van der Waals surface area contributed by atoms with Crippen molar-refractivity contribution in [3.63, 3.8) is 0 Å². The molecule has 54 heavy (non-hydrogen) atoms. The van der Waals surface area contributed by atoms with E-state index >= 15 is 0 Å². The summed E-state index contributed by atoms with van der Waals surface area (Å²) in [6, 6.07) is 0. The van der Waals surface area contributed by atoms with Crippen molar-refractivity contribution in [2.75, 3.05) is 39.4 Å². The molecule has 3 aliphatic heterocycles. The molecule has 11 heteroatoms. The van der Waals surface area contributed by atoms with E-state index in [2.05, 4.69) is 62.6 Å². The highest BCUT2D eigenvalue weighted by atomic mass is 16.7. The van der Waals surface area contributed by atoms with Crippen LogP contribution in [0, 0.1) is 50.7 Å². The van der Waals surface area contributed by atoms with Crippen LogP contribution in [0.4, 0.5) is 0 Å². The fraction of sp³-hybridized carbons (Fsp3) is 0.977. The maximum atomic E-state index is 12.7. The van der Waals surface area contributed by atoms with Crippen molar-refractivity contribution in [2.45, 2.75) is 175 Å². The van der Waals surface area contributed by atoms with Crippen LogP contribution in [0.5, 0.6) is 0 Å². The van der Waals surface area contributed by atoms with Gasteiger partial charge in [-0.2, -0.15) is 0 Å². The summed E-state index contributed by atoms with van der Waals surface area (Å²) in [5, 5.41) is 26.9. The molecule has 8 aliphatic rings. The zero-order valence-corrected chi connectivity index (χ0v) is 35.0. The van der Waals surface area contributed by atoms with Crippen molar-refractivity contribution in [2.24, 2.45) is 50.7 Å². The van der Waals surface area contributed by atoms with Crippen molar-refractivity contribution in [3.8, 4) is 0 Å². The Kier molecular flexibility index (Phi) is 10.0. The van der Waals surface area contributed by atoms with E-state index in [-0.39, 0.29) is 57.8 Å². The van der Waals surface area contributed by atoms with Gasteiger partial charge in [0.25, 0.3) is 0 Å². The van der Waals surface area contributed by atoms with Crippen LogP contribution in [0.15, 0.2) is 0 Å². The number of hydrogen-bond acceptors (Lipinski definition) is 10. The van der Waals surface area contributed by atoms with E-state index in [0.29, 0.717) is 55.3 Å². The summed E-state index contributed by atoms with van der Waals surface area (Å²) < 4.78 is 26.3. The molecule has 5 N–H and O–H groups in total. The van der Waals surface area contributed by atoms with Crippen molar-refractivity contribution in [3.05, 3.63) is 0 Å². The second kappa shape index (κ2) is 13.6. The first-order valence-electron chi connectivity index (χ1n) is 21.8. The first-order chi connectivity index (χ1) is 25.4. The van der Waals surface area contributed by atoms with Crippen LogP contribution in [0.2, 0.25) is 0 Å². The molecule has 0 radical (unpaired) electrons. The Balaban J connectivity index is 0.924. The number of rotatable bonds is 12. The number of carbonyl (C=O) groups excluding carboxylic acids is 1. The molecule has 5 saturated carbocycles. The number of hydrazine groups is 1. The predicted octanol–water partition coefficient (Wildman–Crippen LogP) is 4.74. The zero-order valence-electron chi connectivity index (χ0n) is 35.0. The van der Waals surface area contributed by atoms with Gasteiger partial charge in [-0.25, -0.2) is 10.9 Å². The second-order valence-corrected chi connectivity index (χ2v) is 21.2. The zero-order chi connectivity index (χ0) is 38.7. The lowest BCUT2D eigenvalue weighted by atomic mass is 9.41. The van der Waals surface area contributed by atoms with Crippen molar-refractivity contribution in [1.82, 2.24) is 21.1 Å². The van der Waals surface area contributed by atoms with Crippen LogP contribution in [0.3, 0.4) is 0 Å². The van der Waals surface area contributed by atoms with Gasteiger partial charge in [0, 0.05) is 44.6 Å². The number of nitrogens with one attached hydrogen (secondary N) is 3. The topological polar surface area (TPSA) is 154 Å². The van der Waals surface area contributed by atoms with Crippen molar-refractivity contribution in [1.29, 1.82) is 0 Å². The first-order valence-corrected chi connectivity index (χ1v) is 21.8. The maximum Gasteiger partial charge on any atom is 0.220 e. The summed E-state index contributed by atoms with van der Waals surface area (Å²) in [6.07, 6.45) is 8.87. The lowest BCUT2D eigenvalue weighted by molar-refractivity contribution is -0.248. The Morgan fingerprint density at radius 2 is 1.78 bits per heavy atom. The van der Waals surface area contributed by atoms with Gasteiger partial charge >= 0.3 is 0 Å². The Bertz CT molecular complexity index is 1420. The number of amides is 1. The van der Waals surface area contributed by atoms with E-state index in [1.807, 2.05) is 20.8 Å². The van der Waals surface area contributed by atoms with E-state index in [9.17, 15) is 15.0 Å². The Labute approximate surface area is 325 Å². The van der Waals surface area contributed by atoms with Crippen molar-refractivity contribution >= 4 is 5.91 Å². The molecule has 8 rings (SSSR count). The largest absolute Gasteiger partial charge is 0.390 e. The number of fused-ring (bicyclic) bond motifs is 4. The molecule has 7 unspecified atom stereocenters. The molecule has 14 atom stereocenters.